The average Bonchev–Trinajstić information content (AvgIpc) is 3.16. The molecule has 0 bridgehead atoms. The minimum absolute atomic E-state index is 0.0402. The van der Waals surface area contributed by atoms with Gasteiger partial charge in [0.05, 0.1) is 13.0 Å². The van der Waals surface area contributed by atoms with Crippen molar-refractivity contribution >= 4 is 5.91 Å². The number of nitrogens with zero attached hydrogens (tertiary/aromatic N) is 1. The predicted molar refractivity (Wildman–Crippen MR) is 103 cm³/mol. The summed E-state index contributed by atoms with van der Waals surface area (Å²) in [5, 5.41) is 0. The Balaban J connectivity index is 1.79. The molecule has 0 atom stereocenters. The van der Waals surface area contributed by atoms with E-state index in [0.717, 1.165) is 31.2 Å². The summed E-state index contributed by atoms with van der Waals surface area (Å²) in [6.45, 7) is 1.97. The zero-order valence-electron chi connectivity index (χ0n) is 15.4. The van der Waals surface area contributed by atoms with Crippen LogP contribution in [-0.4, -0.2) is 33.4 Å². The molecule has 1 heterocycles. The molecule has 1 aliphatic carbocycles. The molecule has 140 valence electrons. The van der Waals surface area contributed by atoms with Crippen molar-refractivity contribution in [2.45, 2.75) is 45.1 Å². The highest BCUT2D eigenvalue weighted by Crippen LogP contribution is 2.24. The Morgan fingerprint density at radius 3 is 2.52 bits per heavy atom. The van der Waals surface area contributed by atoms with E-state index in [2.05, 4.69) is 21.8 Å². The van der Waals surface area contributed by atoms with Gasteiger partial charge in [0.1, 0.15) is 0 Å². The molecule has 6 nitrogen and oxygen atoms in total. The molecule has 0 saturated heterocycles. The van der Waals surface area contributed by atoms with Crippen LogP contribution in [0.3, 0.4) is 0 Å². The minimum Gasteiger partial charge on any atom is -0.328 e. The zero-order valence-corrected chi connectivity index (χ0v) is 15.4. The summed E-state index contributed by atoms with van der Waals surface area (Å²) < 4.78 is 0. The van der Waals surface area contributed by atoms with Crippen molar-refractivity contribution in [1.29, 1.82) is 0 Å². The second-order valence-electron chi connectivity index (χ2n) is 6.82. The molecule has 3 rings (SSSR count). The first-order chi connectivity index (χ1) is 13.0. The van der Waals surface area contributed by atoms with E-state index >= 15 is 0 Å². The SMILES string of the molecule is Cc1[nH]c(=O)[nH]c(=O)c1CC(=O)N(CC#Cc1ccccc1)C1CCCC1. The van der Waals surface area contributed by atoms with Crippen LogP contribution in [0.4, 0.5) is 0 Å². The van der Waals surface area contributed by atoms with Gasteiger partial charge in [0.25, 0.3) is 5.56 Å². The Labute approximate surface area is 157 Å². The van der Waals surface area contributed by atoms with Gasteiger partial charge in [0.2, 0.25) is 5.91 Å². The third kappa shape index (κ3) is 4.76. The summed E-state index contributed by atoms with van der Waals surface area (Å²) in [7, 11) is 0. The molecular weight excluding hydrogens is 342 g/mol. The van der Waals surface area contributed by atoms with Gasteiger partial charge in [-0.3, -0.25) is 14.6 Å². The molecule has 0 aliphatic heterocycles. The molecule has 1 aromatic heterocycles. The van der Waals surface area contributed by atoms with Crippen LogP contribution < -0.4 is 11.2 Å². The van der Waals surface area contributed by atoms with Crippen molar-refractivity contribution in [3.63, 3.8) is 0 Å². The Bertz CT molecular complexity index is 973. The topological polar surface area (TPSA) is 86.0 Å². The first-order valence-electron chi connectivity index (χ1n) is 9.20. The van der Waals surface area contributed by atoms with E-state index < -0.39 is 11.2 Å². The molecule has 0 spiro atoms. The number of H-pyrrole nitrogens is 2. The van der Waals surface area contributed by atoms with Gasteiger partial charge in [-0.25, -0.2) is 4.79 Å². The number of carbonyl (C=O) groups is 1. The maximum atomic E-state index is 12.9. The molecule has 1 aromatic carbocycles. The number of aromatic nitrogens is 2. The van der Waals surface area contributed by atoms with Gasteiger partial charge < -0.3 is 9.88 Å². The van der Waals surface area contributed by atoms with Crippen molar-refractivity contribution in [2.75, 3.05) is 6.54 Å². The highest BCUT2D eigenvalue weighted by atomic mass is 16.2. The molecule has 2 aromatic rings. The normalized spacial score (nSPS) is 13.8. The van der Waals surface area contributed by atoms with Crippen molar-refractivity contribution < 1.29 is 4.79 Å². The van der Waals surface area contributed by atoms with E-state index in [1.165, 1.54) is 0 Å². The number of rotatable bonds is 4. The molecule has 0 unspecified atom stereocenters. The second-order valence-corrected chi connectivity index (χ2v) is 6.82. The van der Waals surface area contributed by atoms with E-state index in [1.807, 2.05) is 30.3 Å². The predicted octanol–water partition coefficient (Wildman–Crippen LogP) is 1.74. The monoisotopic (exact) mass is 365 g/mol. The lowest BCUT2D eigenvalue weighted by Gasteiger charge is -2.27. The summed E-state index contributed by atoms with van der Waals surface area (Å²) >= 11 is 0. The van der Waals surface area contributed by atoms with Crippen molar-refractivity contribution in [3.8, 4) is 11.8 Å². The number of benzene rings is 1. The molecule has 6 heteroatoms. The third-order valence-electron chi connectivity index (χ3n) is 4.92. The molecule has 1 aliphatic rings. The Kier molecular flexibility index (Phi) is 5.92. The summed E-state index contributed by atoms with van der Waals surface area (Å²) in [6, 6.07) is 9.80. The number of nitrogens with one attached hydrogen (secondary N) is 2. The smallest absolute Gasteiger partial charge is 0.325 e. The minimum atomic E-state index is -0.560. The maximum absolute atomic E-state index is 12.9. The highest BCUT2D eigenvalue weighted by Gasteiger charge is 2.27. The van der Waals surface area contributed by atoms with Crippen LogP contribution in [0.15, 0.2) is 39.9 Å². The Morgan fingerprint density at radius 2 is 1.85 bits per heavy atom. The lowest BCUT2D eigenvalue weighted by atomic mass is 10.1. The highest BCUT2D eigenvalue weighted by molar-refractivity contribution is 5.79. The van der Waals surface area contributed by atoms with Crippen molar-refractivity contribution in [2.24, 2.45) is 0 Å². The number of hydrogen-bond acceptors (Lipinski definition) is 3. The van der Waals surface area contributed by atoms with Crippen molar-refractivity contribution in [3.05, 3.63) is 68.0 Å². The van der Waals surface area contributed by atoms with Crippen LogP contribution in [0.5, 0.6) is 0 Å². The van der Waals surface area contributed by atoms with Gasteiger partial charge in [0, 0.05) is 22.9 Å². The molecule has 2 N–H and O–H groups in total. The number of aryl methyl sites for hydroxylation is 1. The lowest BCUT2D eigenvalue weighted by molar-refractivity contribution is -0.132. The fourth-order valence-electron chi connectivity index (χ4n) is 3.48. The first kappa shape index (κ1) is 18.7. The summed E-state index contributed by atoms with van der Waals surface area (Å²) in [6.07, 6.45) is 4.07. The lowest BCUT2D eigenvalue weighted by Crippen LogP contribution is -2.41. The van der Waals surface area contributed by atoms with Gasteiger partial charge in [-0.05, 0) is 31.9 Å². The summed E-state index contributed by atoms with van der Waals surface area (Å²) in [5.74, 6) is 6.05. The molecule has 27 heavy (non-hydrogen) atoms. The largest absolute Gasteiger partial charge is 0.328 e. The standard InChI is InChI=1S/C21H23N3O3/c1-15-18(20(26)23-21(27)22-15)14-19(25)24(17-11-5-6-12-17)13-7-10-16-8-3-2-4-9-16/h2-4,8-9,17H,5-6,11-14H2,1H3,(H2,22,23,26,27). The van der Waals surface area contributed by atoms with E-state index in [0.29, 0.717) is 17.8 Å². The van der Waals surface area contributed by atoms with Crippen LogP contribution in [-0.2, 0) is 11.2 Å². The zero-order chi connectivity index (χ0) is 19.2. The molecule has 1 fully saturated rings. The molecular formula is C21H23N3O3. The van der Waals surface area contributed by atoms with E-state index in [1.54, 1.807) is 11.8 Å². The maximum Gasteiger partial charge on any atom is 0.325 e. The fourth-order valence-corrected chi connectivity index (χ4v) is 3.48. The quantitative estimate of drug-likeness (QED) is 0.809. The van der Waals surface area contributed by atoms with Gasteiger partial charge in [-0.2, -0.15) is 0 Å². The second kappa shape index (κ2) is 8.54. The number of aromatic amines is 2. The number of carbonyl (C=O) groups excluding carboxylic acids is 1. The van der Waals surface area contributed by atoms with Crippen LogP contribution >= 0.6 is 0 Å². The number of amides is 1. The van der Waals surface area contributed by atoms with Crippen molar-refractivity contribution in [1.82, 2.24) is 14.9 Å². The Morgan fingerprint density at radius 1 is 1.15 bits per heavy atom. The number of hydrogen-bond donors (Lipinski definition) is 2. The van der Waals surface area contributed by atoms with Gasteiger partial charge >= 0.3 is 5.69 Å². The molecule has 1 amide bonds. The third-order valence-corrected chi connectivity index (χ3v) is 4.92. The average molecular weight is 365 g/mol. The molecule has 1 saturated carbocycles. The van der Waals surface area contributed by atoms with Crippen LogP contribution in [0, 0.1) is 18.8 Å². The van der Waals surface area contributed by atoms with E-state index in [9.17, 15) is 14.4 Å². The van der Waals surface area contributed by atoms with Gasteiger partial charge in [-0.1, -0.05) is 42.9 Å². The molecule has 0 radical (unpaired) electrons. The van der Waals surface area contributed by atoms with Crippen LogP contribution in [0.1, 0.15) is 42.5 Å². The van der Waals surface area contributed by atoms with Crippen LogP contribution in [0.25, 0.3) is 0 Å². The fraction of sp³-hybridized carbons (Fsp3) is 0.381. The summed E-state index contributed by atoms with van der Waals surface area (Å²) in [4.78, 5) is 42.9. The first-order valence-corrected chi connectivity index (χ1v) is 9.20. The van der Waals surface area contributed by atoms with Crippen LogP contribution in [0.2, 0.25) is 0 Å². The van der Waals surface area contributed by atoms with Gasteiger partial charge in [0.15, 0.2) is 0 Å². The summed E-state index contributed by atoms with van der Waals surface area (Å²) in [5.41, 5.74) is 0.572. The van der Waals surface area contributed by atoms with Gasteiger partial charge in [-0.15, -0.1) is 0 Å². The van der Waals surface area contributed by atoms with E-state index in [4.69, 9.17) is 0 Å². The van der Waals surface area contributed by atoms with E-state index in [-0.39, 0.29) is 18.4 Å². The Hall–Kier alpha value is -3.07.